The number of fused-ring (bicyclic) bond motifs is 1. The number of aliphatic imine (C=N–C) groups is 1. The Labute approximate surface area is 177 Å². The Morgan fingerprint density at radius 2 is 2.20 bits per heavy atom. The van der Waals surface area contributed by atoms with Crippen molar-refractivity contribution < 1.29 is 4.74 Å². The lowest BCUT2D eigenvalue weighted by Crippen LogP contribution is -2.38. The molecule has 0 spiro atoms. The van der Waals surface area contributed by atoms with Gasteiger partial charge in [0.1, 0.15) is 18.2 Å². The molecule has 0 saturated heterocycles. The first kappa shape index (κ1) is 21.7. The number of hydrogen-bond donors (Lipinski definition) is 2. The van der Waals surface area contributed by atoms with Crippen LogP contribution in [0.25, 0.3) is 0 Å². The first-order valence-electron chi connectivity index (χ1n) is 10.7. The van der Waals surface area contributed by atoms with Crippen LogP contribution in [-0.4, -0.2) is 40.0 Å². The van der Waals surface area contributed by atoms with Gasteiger partial charge in [0.15, 0.2) is 5.96 Å². The number of aryl methyl sites for hydroxylation is 2. The summed E-state index contributed by atoms with van der Waals surface area (Å²) in [5.41, 5.74) is 1.04. The molecule has 0 aliphatic carbocycles. The van der Waals surface area contributed by atoms with E-state index in [0.717, 1.165) is 61.9 Å². The van der Waals surface area contributed by atoms with E-state index >= 15 is 0 Å². The van der Waals surface area contributed by atoms with E-state index in [0.29, 0.717) is 26.2 Å². The van der Waals surface area contributed by atoms with Crippen molar-refractivity contribution >= 4 is 5.96 Å². The number of ether oxygens (including phenoxy) is 1. The molecule has 2 aromatic rings. The maximum absolute atomic E-state index is 12.4. The summed E-state index contributed by atoms with van der Waals surface area (Å²) in [6.45, 7) is 9.57. The lowest BCUT2D eigenvalue weighted by atomic mass is 10.2. The van der Waals surface area contributed by atoms with Crippen molar-refractivity contribution in [2.24, 2.45) is 4.99 Å². The van der Waals surface area contributed by atoms with Crippen LogP contribution in [0.3, 0.4) is 0 Å². The van der Waals surface area contributed by atoms with Crippen molar-refractivity contribution in [1.29, 1.82) is 0 Å². The van der Waals surface area contributed by atoms with Crippen molar-refractivity contribution in [3.05, 3.63) is 58.8 Å². The highest BCUT2D eigenvalue weighted by atomic mass is 16.5. The topological polar surface area (TPSA) is 85.5 Å². The van der Waals surface area contributed by atoms with Crippen LogP contribution in [0.2, 0.25) is 0 Å². The highest BCUT2D eigenvalue weighted by Gasteiger charge is 2.16. The number of benzene rings is 1. The largest absolute Gasteiger partial charge is 0.489 e. The summed E-state index contributed by atoms with van der Waals surface area (Å²) in [7, 11) is 0. The average molecular weight is 413 g/mol. The van der Waals surface area contributed by atoms with Crippen LogP contribution in [0.4, 0.5) is 0 Å². The van der Waals surface area contributed by atoms with Crippen molar-refractivity contribution in [3.8, 4) is 5.75 Å². The minimum absolute atomic E-state index is 0.0152. The van der Waals surface area contributed by atoms with Crippen LogP contribution in [0, 0.1) is 0 Å². The summed E-state index contributed by atoms with van der Waals surface area (Å²) in [5.74, 6) is 2.49. The lowest BCUT2D eigenvalue weighted by molar-refractivity contribution is 0.359. The second-order valence-electron chi connectivity index (χ2n) is 7.21. The van der Waals surface area contributed by atoms with Gasteiger partial charge >= 0.3 is 5.69 Å². The molecule has 8 nitrogen and oxygen atoms in total. The molecular formula is C22H32N6O2. The van der Waals surface area contributed by atoms with E-state index in [9.17, 15) is 4.79 Å². The third-order valence-corrected chi connectivity index (χ3v) is 4.95. The van der Waals surface area contributed by atoms with Gasteiger partial charge in [-0.2, -0.15) is 5.10 Å². The normalized spacial score (nSPS) is 13.6. The third-order valence-electron chi connectivity index (χ3n) is 4.95. The number of nitrogens with zero attached hydrogens (tertiary/aromatic N) is 4. The summed E-state index contributed by atoms with van der Waals surface area (Å²) >= 11 is 0. The van der Waals surface area contributed by atoms with E-state index in [4.69, 9.17) is 4.74 Å². The molecule has 0 atom stereocenters. The zero-order valence-electron chi connectivity index (χ0n) is 17.8. The van der Waals surface area contributed by atoms with E-state index in [1.165, 1.54) is 0 Å². The second kappa shape index (κ2) is 11.2. The van der Waals surface area contributed by atoms with E-state index in [2.05, 4.69) is 27.3 Å². The molecule has 3 rings (SSSR count). The Bertz CT molecular complexity index is 915. The standard InChI is InChI=1S/C22H32N6O2/c1-3-16-30-19-11-6-5-10-18(19)17-25-21(23-4-2)24-13-9-15-28-22(29)27-14-8-7-12-20(27)26-28/h3,5-6,10-11H,1,4,7-9,12-17H2,2H3,(H2,23,24,25). The highest BCUT2D eigenvalue weighted by Crippen LogP contribution is 2.18. The van der Waals surface area contributed by atoms with Gasteiger partial charge in [-0.05, 0) is 32.3 Å². The van der Waals surface area contributed by atoms with Gasteiger partial charge in [-0.25, -0.2) is 14.5 Å². The monoisotopic (exact) mass is 412 g/mol. The Morgan fingerprint density at radius 3 is 3.00 bits per heavy atom. The third kappa shape index (κ3) is 5.75. The summed E-state index contributed by atoms with van der Waals surface area (Å²) in [6, 6.07) is 7.88. The Balaban J connectivity index is 1.53. The molecule has 0 unspecified atom stereocenters. The van der Waals surface area contributed by atoms with Gasteiger partial charge in [-0.1, -0.05) is 30.9 Å². The lowest BCUT2D eigenvalue weighted by Gasteiger charge is -2.12. The number of hydrogen-bond acceptors (Lipinski definition) is 4. The number of rotatable bonds is 10. The van der Waals surface area contributed by atoms with Gasteiger partial charge in [-0.3, -0.25) is 4.57 Å². The molecule has 1 aromatic heterocycles. The average Bonchev–Trinajstić information content (AvgIpc) is 3.09. The second-order valence-corrected chi connectivity index (χ2v) is 7.21. The van der Waals surface area contributed by atoms with Crippen molar-refractivity contribution in [3.63, 3.8) is 0 Å². The molecule has 1 aliphatic heterocycles. The number of aromatic nitrogens is 3. The fourth-order valence-electron chi connectivity index (χ4n) is 3.46. The van der Waals surface area contributed by atoms with Crippen molar-refractivity contribution in [2.75, 3.05) is 19.7 Å². The minimum atomic E-state index is 0.0152. The van der Waals surface area contributed by atoms with Gasteiger partial charge in [-0.15, -0.1) is 0 Å². The maximum Gasteiger partial charge on any atom is 0.345 e. The molecule has 2 N–H and O–H groups in total. The number of nitrogens with one attached hydrogen (secondary N) is 2. The summed E-state index contributed by atoms with van der Waals surface area (Å²) in [6.07, 6.45) is 5.59. The molecule has 0 amide bonds. The fraction of sp³-hybridized carbons (Fsp3) is 0.500. The van der Waals surface area contributed by atoms with Crippen LogP contribution < -0.4 is 21.1 Å². The molecule has 2 heterocycles. The molecule has 1 aromatic carbocycles. The fourth-order valence-corrected chi connectivity index (χ4v) is 3.46. The first-order chi connectivity index (χ1) is 14.7. The Kier molecular flexibility index (Phi) is 8.11. The van der Waals surface area contributed by atoms with Crippen LogP contribution in [0.15, 0.2) is 46.7 Å². The molecule has 8 heteroatoms. The van der Waals surface area contributed by atoms with E-state index in [1.807, 2.05) is 35.8 Å². The summed E-state index contributed by atoms with van der Waals surface area (Å²) < 4.78 is 9.11. The van der Waals surface area contributed by atoms with Gasteiger partial charge in [0.2, 0.25) is 0 Å². The van der Waals surface area contributed by atoms with Gasteiger partial charge in [0.05, 0.1) is 6.54 Å². The molecule has 0 fully saturated rings. The Morgan fingerprint density at radius 1 is 1.33 bits per heavy atom. The van der Waals surface area contributed by atoms with Gasteiger partial charge < -0.3 is 15.4 Å². The van der Waals surface area contributed by atoms with Gasteiger partial charge in [0, 0.05) is 38.2 Å². The van der Waals surface area contributed by atoms with Gasteiger partial charge in [0.25, 0.3) is 0 Å². The number of para-hydroxylation sites is 1. The van der Waals surface area contributed by atoms with Crippen LogP contribution in [-0.2, 0) is 26.1 Å². The predicted octanol–water partition coefficient (Wildman–Crippen LogP) is 2.09. The maximum atomic E-state index is 12.4. The molecule has 1 aliphatic rings. The smallest absolute Gasteiger partial charge is 0.345 e. The van der Waals surface area contributed by atoms with Crippen molar-refractivity contribution in [1.82, 2.24) is 25.0 Å². The molecular weight excluding hydrogens is 380 g/mol. The minimum Gasteiger partial charge on any atom is -0.489 e. The molecule has 0 bridgehead atoms. The SMILES string of the molecule is C=CCOc1ccccc1CN=C(NCC)NCCCn1nc2n(c1=O)CCCC2. The zero-order chi connectivity index (χ0) is 21.2. The first-order valence-corrected chi connectivity index (χ1v) is 10.7. The Hall–Kier alpha value is -3.03. The summed E-state index contributed by atoms with van der Waals surface area (Å²) in [5, 5.41) is 11.1. The number of guanidine groups is 1. The predicted molar refractivity (Wildman–Crippen MR) is 119 cm³/mol. The summed E-state index contributed by atoms with van der Waals surface area (Å²) in [4.78, 5) is 17.1. The highest BCUT2D eigenvalue weighted by molar-refractivity contribution is 5.79. The van der Waals surface area contributed by atoms with Crippen LogP contribution >= 0.6 is 0 Å². The van der Waals surface area contributed by atoms with Crippen LogP contribution in [0.1, 0.15) is 37.6 Å². The van der Waals surface area contributed by atoms with Crippen molar-refractivity contribution in [2.45, 2.75) is 52.2 Å². The van der Waals surface area contributed by atoms with E-state index in [1.54, 1.807) is 10.8 Å². The van der Waals surface area contributed by atoms with Crippen LogP contribution in [0.5, 0.6) is 5.75 Å². The quantitative estimate of drug-likeness (QED) is 0.270. The van der Waals surface area contributed by atoms with E-state index in [-0.39, 0.29) is 5.69 Å². The van der Waals surface area contributed by atoms with E-state index < -0.39 is 0 Å². The zero-order valence-corrected chi connectivity index (χ0v) is 17.8. The molecule has 0 saturated carbocycles. The molecule has 162 valence electrons. The molecule has 30 heavy (non-hydrogen) atoms. The molecule has 0 radical (unpaired) electrons.